The normalized spacial score (nSPS) is 13.6. The summed E-state index contributed by atoms with van der Waals surface area (Å²) in [4.78, 5) is 0. The van der Waals surface area contributed by atoms with Crippen molar-refractivity contribution in [2.24, 2.45) is 5.73 Å². The zero-order chi connectivity index (χ0) is 5.70. The van der Waals surface area contributed by atoms with Crippen molar-refractivity contribution in [1.29, 1.82) is 0 Å². The van der Waals surface area contributed by atoms with Gasteiger partial charge in [0, 0.05) is 0 Å². The molecule has 0 saturated carbocycles. The zero-order valence-corrected chi connectivity index (χ0v) is 5.15. The molecule has 0 spiro atoms. The molecule has 1 radical (unpaired) electrons. The van der Waals surface area contributed by atoms with Gasteiger partial charge in [-0.1, -0.05) is 26.0 Å². The van der Waals surface area contributed by atoms with E-state index in [-0.39, 0.29) is 0 Å². The van der Waals surface area contributed by atoms with Crippen molar-refractivity contribution in [2.45, 2.75) is 26.0 Å². The molecule has 0 heterocycles. The molecule has 0 bridgehead atoms. The highest BCUT2D eigenvalue weighted by atomic mass is 14.5. The van der Waals surface area contributed by atoms with Crippen molar-refractivity contribution >= 4 is 7.28 Å². The average Bonchev–Trinajstić information content (AvgIpc) is 1.72. The Morgan fingerprint density at radius 1 is 1.71 bits per heavy atom. The topological polar surface area (TPSA) is 26.0 Å². The lowest BCUT2D eigenvalue weighted by Gasteiger charge is -2.04. The lowest BCUT2D eigenvalue weighted by atomic mass is 9.66. The molecule has 0 aromatic heterocycles. The van der Waals surface area contributed by atoms with Crippen LogP contribution in [-0.4, -0.2) is 13.8 Å². The van der Waals surface area contributed by atoms with E-state index in [4.69, 9.17) is 5.73 Å². The van der Waals surface area contributed by atoms with Crippen molar-refractivity contribution in [3.05, 3.63) is 0 Å². The second-order valence-corrected chi connectivity index (χ2v) is 1.74. The molecular formula is C5H13BN. The summed E-state index contributed by atoms with van der Waals surface area (Å²) >= 11 is 0. The molecule has 0 aliphatic rings. The standard InChI is InChI=1S/C5H13BN/c1-3-5(4-7)6-2/h5H,3-4,7H2,1-2H3/t5-/m1/s1. The third-order valence-corrected chi connectivity index (χ3v) is 1.30. The lowest BCUT2D eigenvalue weighted by Crippen LogP contribution is -2.11. The molecule has 2 heteroatoms. The molecule has 0 fully saturated rings. The summed E-state index contributed by atoms with van der Waals surface area (Å²) < 4.78 is 0. The van der Waals surface area contributed by atoms with Crippen LogP contribution in [0.25, 0.3) is 0 Å². The lowest BCUT2D eigenvalue weighted by molar-refractivity contribution is 0.795. The smallest absolute Gasteiger partial charge is 0.111 e. The molecule has 1 nitrogen and oxygen atoms in total. The van der Waals surface area contributed by atoms with Crippen LogP contribution in [0.4, 0.5) is 0 Å². The summed E-state index contributed by atoms with van der Waals surface area (Å²) in [6.45, 7) is 5.01. The number of rotatable bonds is 3. The minimum Gasteiger partial charge on any atom is -0.331 e. The molecule has 0 aliphatic carbocycles. The van der Waals surface area contributed by atoms with Gasteiger partial charge in [-0.25, -0.2) is 0 Å². The van der Waals surface area contributed by atoms with Gasteiger partial charge in [0.1, 0.15) is 7.28 Å². The van der Waals surface area contributed by atoms with Crippen molar-refractivity contribution < 1.29 is 0 Å². The maximum atomic E-state index is 5.36. The maximum absolute atomic E-state index is 5.36. The zero-order valence-electron chi connectivity index (χ0n) is 5.15. The van der Waals surface area contributed by atoms with Gasteiger partial charge >= 0.3 is 0 Å². The van der Waals surface area contributed by atoms with Crippen LogP contribution in [0.3, 0.4) is 0 Å². The molecule has 0 amide bonds. The van der Waals surface area contributed by atoms with Crippen molar-refractivity contribution in [3.63, 3.8) is 0 Å². The first kappa shape index (κ1) is 7.02. The van der Waals surface area contributed by atoms with Crippen LogP contribution in [0.15, 0.2) is 0 Å². The van der Waals surface area contributed by atoms with Crippen molar-refractivity contribution in [2.75, 3.05) is 6.54 Å². The first-order chi connectivity index (χ1) is 3.35. The fourth-order valence-electron chi connectivity index (χ4n) is 0.538. The molecule has 0 aliphatic heterocycles. The van der Waals surface area contributed by atoms with Gasteiger partial charge < -0.3 is 5.73 Å². The van der Waals surface area contributed by atoms with E-state index in [0.29, 0.717) is 5.82 Å². The highest BCUT2D eigenvalue weighted by Gasteiger charge is 1.97. The summed E-state index contributed by atoms with van der Waals surface area (Å²) in [5.41, 5.74) is 5.36. The largest absolute Gasteiger partial charge is 0.331 e. The number of hydrogen-bond donors (Lipinski definition) is 1. The van der Waals surface area contributed by atoms with E-state index >= 15 is 0 Å². The first-order valence-corrected chi connectivity index (χ1v) is 2.84. The van der Waals surface area contributed by atoms with Crippen LogP contribution < -0.4 is 5.73 Å². The van der Waals surface area contributed by atoms with Crippen LogP contribution in [0.1, 0.15) is 13.3 Å². The van der Waals surface area contributed by atoms with E-state index in [1.807, 2.05) is 0 Å². The molecule has 0 saturated heterocycles. The number of nitrogens with two attached hydrogens (primary N) is 1. The van der Waals surface area contributed by atoms with Crippen LogP contribution in [0, 0.1) is 0 Å². The minimum atomic E-state index is 0.639. The summed E-state index contributed by atoms with van der Waals surface area (Å²) in [5, 5.41) is 0. The van der Waals surface area contributed by atoms with E-state index in [0.717, 1.165) is 6.54 Å². The molecule has 0 aromatic rings. The molecule has 7 heavy (non-hydrogen) atoms. The molecule has 2 N–H and O–H groups in total. The van der Waals surface area contributed by atoms with Crippen LogP contribution in [0.5, 0.6) is 0 Å². The number of hydrogen-bond acceptors (Lipinski definition) is 1. The molecule has 0 unspecified atom stereocenters. The fraction of sp³-hybridized carbons (Fsp3) is 1.00. The van der Waals surface area contributed by atoms with Gasteiger partial charge in [0.05, 0.1) is 0 Å². The Bertz CT molecular complexity index is 29.6. The van der Waals surface area contributed by atoms with E-state index in [1.54, 1.807) is 0 Å². The molecule has 1 atom stereocenters. The van der Waals surface area contributed by atoms with Crippen molar-refractivity contribution in [3.8, 4) is 0 Å². The summed E-state index contributed by atoms with van der Waals surface area (Å²) in [6.07, 6.45) is 1.17. The Labute approximate surface area is 46.5 Å². The predicted molar refractivity (Wildman–Crippen MR) is 34.7 cm³/mol. The Morgan fingerprint density at radius 2 is 2.29 bits per heavy atom. The fourth-order valence-corrected chi connectivity index (χ4v) is 0.538. The second kappa shape index (κ2) is 4.19. The SMILES string of the molecule is C[B][C@H](CC)CN. The van der Waals surface area contributed by atoms with E-state index in [9.17, 15) is 0 Å². The highest BCUT2D eigenvalue weighted by molar-refractivity contribution is 6.35. The maximum Gasteiger partial charge on any atom is 0.111 e. The van der Waals surface area contributed by atoms with E-state index in [1.165, 1.54) is 6.42 Å². The van der Waals surface area contributed by atoms with Gasteiger partial charge in [0.2, 0.25) is 0 Å². The van der Waals surface area contributed by atoms with Gasteiger partial charge in [0.25, 0.3) is 0 Å². The van der Waals surface area contributed by atoms with Gasteiger partial charge in [-0.05, 0) is 6.54 Å². The monoisotopic (exact) mass is 98.1 g/mol. The third-order valence-electron chi connectivity index (χ3n) is 1.30. The van der Waals surface area contributed by atoms with Crippen molar-refractivity contribution in [1.82, 2.24) is 0 Å². The van der Waals surface area contributed by atoms with Crippen LogP contribution >= 0.6 is 0 Å². The first-order valence-electron chi connectivity index (χ1n) is 2.84. The summed E-state index contributed by atoms with van der Waals surface area (Å²) in [7, 11) is 2.15. The van der Waals surface area contributed by atoms with Crippen LogP contribution in [0.2, 0.25) is 12.6 Å². The van der Waals surface area contributed by atoms with E-state index in [2.05, 4.69) is 21.0 Å². The van der Waals surface area contributed by atoms with Gasteiger partial charge in [-0.15, -0.1) is 0 Å². The highest BCUT2D eigenvalue weighted by Crippen LogP contribution is 2.03. The Morgan fingerprint density at radius 3 is 2.29 bits per heavy atom. The summed E-state index contributed by atoms with van der Waals surface area (Å²) in [6, 6.07) is 0. The average molecular weight is 98.0 g/mol. The molecule has 0 aromatic carbocycles. The second-order valence-electron chi connectivity index (χ2n) is 1.74. The quantitative estimate of drug-likeness (QED) is 0.521. The Balaban J connectivity index is 2.99. The molecular weight excluding hydrogens is 84.9 g/mol. The molecule has 0 rings (SSSR count). The minimum absolute atomic E-state index is 0.639. The predicted octanol–water partition coefficient (Wildman–Crippen LogP) is 0.896. The van der Waals surface area contributed by atoms with Crippen LogP contribution in [-0.2, 0) is 0 Å². The van der Waals surface area contributed by atoms with Gasteiger partial charge in [-0.3, -0.25) is 0 Å². The molecule has 41 valence electrons. The van der Waals surface area contributed by atoms with E-state index < -0.39 is 0 Å². The Kier molecular flexibility index (Phi) is 4.21. The summed E-state index contributed by atoms with van der Waals surface area (Å²) in [5.74, 6) is 0.639. The third kappa shape index (κ3) is 2.69. The van der Waals surface area contributed by atoms with Gasteiger partial charge in [-0.2, -0.15) is 0 Å². The van der Waals surface area contributed by atoms with Gasteiger partial charge in [0.15, 0.2) is 0 Å². The Hall–Kier alpha value is 0.0249.